The molecule has 0 amide bonds. The average Bonchev–Trinajstić information content (AvgIpc) is 3.16. The Morgan fingerprint density at radius 1 is 0.519 bits per heavy atom. The first-order valence-corrected chi connectivity index (χ1v) is 22.6. The molecule has 0 saturated carbocycles. The molecule has 2 N–H and O–H groups in total. The number of rotatable bonds is 40. The van der Waals surface area contributed by atoms with Crippen LogP contribution in [0.5, 0.6) is 0 Å². The van der Waals surface area contributed by atoms with Crippen molar-refractivity contribution in [2.45, 2.75) is 226 Å². The molecule has 0 heterocycles. The van der Waals surface area contributed by atoms with Gasteiger partial charge in [0.25, 0.3) is 0 Å². The van der Waals surface area contributed by atoms with Crippen LogP contribution in [0.4, 0.5) is 0 Å². The smallest absolute Gasteiger partial charge is 0.306 e. The molecule has 0 rings (SSSR count). The van der Waals surface area contributed by atoms with Crippen LogP contribution < -0.4 is 0 Å². The molecule has 0 aromatic carbocycles. The zero-order valence-corrected chi connectivity index (χ0v) is 35.5. The van der Waals surface area contributed by atoms with Crippen LogP contribution in [0.15, 0.2) is 48.6 Å². The van der Waals surface area contributed by atoms with Crippen LogP contribution in [-0.4, -0.2) is 47.6 Å². The zero-order valence-electron chi connectivity index (χ0n) is 35.5. The third kappa shape index (κ3) is 41.0. The predicted molar refractivity (Wildman–Crippen MR) is 230 cm³/mol. The lowest BCUT2D eigenvalue weighted by Crippen LogP contribution is -2.28. The summed E-state index contributed by atoms with van der Waals surface area (Å²) in [5.74, 6) is 0.243. The molecule has 6 heteroatoms. The molecular formula is C48H86O6. The second kappa shape index (κ2) is 42.0. The van der Waals surface area contributed by atoms with E-state index < -0.39 is 6.10 Å². The lowest BCUT2D eigenvalue weighted by Gasteiger charge is -2.15. The Bertz CT molecular complexity index is 935. The SMILES string of the molecule is CCC(C)CCCCCCCCCCCCCCCCCCCCC(=O)OC[C@H](CO)OC(=O)CCC/C=C\C/C=C\C/C=C\C/C=C\CCC[C@H](C)O. The van der Waals surface area contributed by atoms with E-state index in [2.05, 4.69) is 62.5 Å². The maximum absolute atomic E-state index is 12.2. The van der Waals surface area contributed by atoms with Crippen molar-refractivity contribution in [2.75, 3.05) is 13.2 Å². The largest absolute Gasteiger partial charge is 0.462 e. The first-order chi connectivity index (χ1) is 26.4. The minimum atomic E-state index is -0.808. The van der Waals surface area contributed by atoms with Crippen molar-refractivity contribution in [3.05, 3.63) is 48.6 Å². The van der Waals surface area contributed by atoms with E-state index in [0.29, 0.717) is 12.8 Å². The van der Waals surface area contributed by atoms with Gasteiger partial charge in [-0.15, -0.1) is 0 Å². The van der Waals surface area contributed by atoms with Crippen LogP contribution in [0.25, 0.3) is 0 Å². The third-order valence-electron chi connectivity index (χ3n) is 10.2. The second-order valence-electron chi connectivity index (χ2n) is 15.7. The number of esters is 2. The van der Waals surface area contributed by atoms with E-state index in [1.54, 1.807) is 0 Å². The number of aliphatic hydroxyl groups excluding tert-OH is 2. The summed E-state index contributed by atoms with van der Waals surface area (Å²) < 4.78 is 10.6. The van der Waals surface area contributed by atoms with Crippen LogP contribution in [0.3, 0.4) is 0 Å². The highest BCUT2D eigenvalue weighted by Gasteiger charge is 2.16. The minimum Gasteiger partial charge on any atom is -0.462 e. The van der Waals surface area contributed by atoms with Crippen molar-refractivity contribution in [1.29, 1.82) is 0 Å². The van der Waals surface area contributed by atoms with Crippen LogP contribution >= 0.6 is 0 Å². The highest BCUT2D eigenvalue weighted by molar-refractivity contribution is 5.70. The van der Waals surface area contributed by atoms with Gasteiger partial charge in [-0.05, 0) is 70.6 Å². The number of hydrogen-bond acceptors (Lipinski definition) is 6. The molecule has 0 spiro atoms. The fourth-order valence-electron chi connectivity index (χ4n) is 6.37. The van der Waals surface area contributed by atoms with Crippen LogP contribution in [-0.2, 0) is 19.1 Å². The Hall–Kier alpha value is -2.18. The van der Waals surface area contributed by atoms with E-state index >= 15 is 0 Å². The van der Waals surface area contributed by atoms with Crippen molar-refractivity contribution < 1.29 is 29.3 Å². The molecule has 0 aliphatic carbocycles. The van der Waals surface area contributed by atoms with Gasteiger partial charge in [-0.3, -0.25) is 9.59 Å². The van der Waals surface area contributed by atoms with Crippen molar-refractivity contribution >= 4 is 11.9 Å². The van der Waals surface area contributed by atoms with E-state index in [1.165, 1.54) is 109 Å². The van der Waals surface area contributed by atoms with E-state index in [9.17, 15) is 19.8 Å². The second-order valence-corrected chi connectivity index (χ2v) is 15.7. The van der Waals surface area contributed by atoms with Crippen molar-refractivity contribution in [3.63, 3.8) is 0 Å². The summed E-state index contributed by atoms with van der Waals surface area (Å²) in [6.07, 6.45) is 50.3. The first-order valence-electron chi connectivity index (χ1n) is 22.6. The quantitative estimate of drug-likeness (QED) is 0.0367. The monoisotopic (exact) mass is 759 g/mol. The van der Waals surface area contributed by atoms with E-state index in [0.717, 1.165) is 70.1 Å². The lowest BCUT2D eigenvalue weighted by molar-refractivity contribution is -0.161. The number of carbonyl (C=O) groups is 2. The Morgan fingerprint density at radius 2 is 0.926 bits per heavy atom. The highest BCUT2D eigenvalue weighted by Crippen LogP contribution is 2.17. The molecule has 1 unspecified atom stereocenters. The van der Waals surface area contributed by atoms with Crippen LogP contribution in [0, 0.1) is 5.92 Å². The number of carbonyl (C=O) groups excluding carboxylic acids is 2. The molecule has 54 heavy (non-hydrogen) atoms. The van der Waals surface area contributed by atoms with Crippen molar-refractivity contribution in [1.82, 2.24) is 0 Å². The maximum atomic E-state index is 12.2. The zero-order chi connectivity index (χ0) is 39.6. The normalized spacial score (nSPS) is 13.8. The number of hydrogen-bond donors (Lipinski definition) is 2. The van der Waals surface area contributed by atoms with Gasteiger partial charge in [-0.2, -0.15) is 0 Å². The summed E-state index contributed by atoms with van der Waals surface area (Å²) in [4.78, 5) is 24.3. The number of aliphatic hydroxyl groups is 2. The van der Waals surface area contributed by atoms with Gasteiger partial charge in [0, 0.05) is 12.8 Å². The minimum absolute atomic E-state index is 0.0945. The summed E-state index contributed by atoms with van der Waals surface area (Å²) in [7, 11) is 0. The molecule has 0 radical (unpaired) electrons. The topological polar surface area (TPSA) is 93.1 Å². The van der Waals surface area contributed by atoms with Gasteiger partial charge >= 0.3 is 11.9 Å². The molecular weight excluding hydrogens is 673 g/mol. The van der Waals surface area contributed by atoms with Gasteiger partial charge in [0.2, 0.25) is 0 Å². The van der Waals surface area contributed by atoms with Gasteiger partial charge in [-0.1, -0.05) is 184 Å². The molecule has 0 fully saturated rings. The Morgan fingerprint density at radius 3 is 1.37 bits per heavy atom. The molecule has 0 aromatic heterocycles. The van der Waals surface area contributed by atoms with E-state index in [4.69, 9.17) is 9.47 Å². The fraction of sp³-hybridized carbons (Fsp3) is 0.792. The van der Waals surface area contributed by atoms with Gasteiger partial charge in [0.05, 0.1) is 12.7 Å². The van der Waals surface area contributed by atoms with E-state index in [1.807, 2.05) is 6.92 Å². The molecule has 0 aliphatic heterocycles. The summed E-state index contributed by atoms with van der Waals surface area (Å²) in [5, 5.41) is 18.8. The molecule has 0 aromatic rings. The summed E-state index contributed by atoms with van der Waals surface area (Å²) in [6.45, 7) is 6.06. The summed E-state index contributed by atoms with van der Waals surface area (Å²) >= 11 is 0. The predicted octanol–water partition coefficient (Wildman–Crippen LogP) is 13.4. The summed E-state index contributed by atoms with van der Waals surface area (Å²) in [6, 6.07) is 0. The van der Waals surface area contributed by atoms with Gasteiger partial charge < -0.3 is 19.7 Å². The standard InChI is InChI=1S/C48H86O6/c1-4-44(2)38-34-30-26-22-18-14-10-7-5-6-8-12-16-20-24-28-32-36-40-47(51)53-43-46(42-49)54-48(52)41-37-33-29-25-21-17-13-9-11-15-19-23-27-31-35-39-45(3)50/h11,13,15,17,23,25,27,29,44-46,49-50H,4-10,12,14,16,18-22,24,26,28,30-43H2,1-3H3/b15-11-,17-13-,27-23-,29-25-/t44?,45-,46-/m0/s1. The maximum Gasteiger partial charge on any atom is 0.306 e. The van der Waals surface area contributed by atoms with Gasteiger partial charge in [0.1, 0.15) is 6.61 Å². The molecule has 0 aliphatic rings. The van der Waals surface area contributed by atoms with Crippen molar-refractivity contribution in [2.24, 2.45) is 5.92 Å². The molecule has 0 bridgehead atoms. The van der Waals surface area contributed by atoms with Gasteiger partial charge in [-0.25, -0.2) is 0 Å². The molecule has 3 atom stereocenters. The number of unbranched alkanes of at least 4 members (excludes halogenated alkanes) is 19. The third-order valence-corrected chi connectivity index (χ3v) is 10.2. The number of ether oxygens (including phenoxy) is 2. The first kappa shape index (κ1) is 51.8. The molecule has 314 valence electrons. The van der Waals surface area contributed by atoms with Crippen LogP contribution in [0.2, 0.25) is 0 Å². The fourth-order valence-corrected chi connectivity index (χ4v) is 6.37. The molecule has 0 saturated heterocycles. The highest BCUT2D eigenvalue weighted by atomic mass is 16.6. The van der Waals surface area contributed by atoms with E-state index in [-0.39, 0.29) is 37.7 Å². The lowest BCUT2D eigenvalue weighted by atomic mass is 9.99. The van der Waals surface area contributed by atoms with Gasteiger partial charge in [0.15, 0.2) is 6.10 Å². The molecule has 6 nitrogen and oxygen atoms in total. The Balaban J connectivity index is 3.58. The Kier molecular flexibility index (Phi) is 40.3. The average molecular weight is 759 g/mol. The summed E-state index contributed by atoms with van der Waals surface area (Å²) in [5.41, 5.74) is 0. The van der Waals surface area contributed by atoms with Crippen molar-refractivity contribution in [3.8, 4) is 0 Å². The van der Waals surface area contributed by atoms with Crippen LogP contribution in [0.1, 0.15) is 213 Å². The number of allylic oxidation sites excluding steroid dienone is 8. The Labute approximate surface area is 333 Å².